The molecule has 3 heterocycles. The molecule has 0 radical (unpaired) electrons. The number of rotatable bonds is 6. The van der Waals surface area contributed by atoms with Gasteiger partial charge in [-0.2, -0.15) is 11.3 Å². The Morgan fingerprint density at radius 2 is 2.55 bits per heavy atom. The van der Waals surface area contributed by atoms with Crippen molar-refractivity contribution < 1.29 is 14.3 Å². The van der Waals surface area contributed by atoms with E-state index in [1.54, 1.807) is 18.4 Å². The van der Waals surface area contributed by atoms with E-state index in [1.165, 1.54) is 5.56 Å². The van der Waals surface area contributed by atoms with E-state index in [-0.39, 0.29) is 17.4 Å². The van der Waals surface area contributed by atoms with E-state index in [9.17, 15) is 4.79 Å². The molecule has 2 aliphatic heterocycles. The summed E-state index contributed by atoms with van der Waals surface area (Å²) in [6.45, 7) is 4.50. The molecule has 5 nitrogen and oxygen atoms in total. The first-order valence-electron chi connectivity index (χ1n) is 7.87. The molecule has 3 rings (SSSR count). The number of amides is 1. The highest BCUT2D eigenvalue weighted by Crippen LogP contribution is 2.41. The molecule has 0 aromatic carbocycles. The largest absolute Gasteiger partial charge is 0.383 e. The minimum absolute atomic E-state index is 0.0637. The number of ether oxygens (including phenoxy) is 2. The van der Waals surface area contributed by atoms with Gasteiger partial charge < -0.3 is 14.8 Å². The van der Waals surface area contributed by atoms with Crippen LogP contribution in [0.25, 0.3) is 0 Å². The summed E-state index contributed by atoms with van der Waals surface area (Å²) in [6.07, 6.45) is 1.81. The maximum absolute atomic E-state index is 12.8. The SMILES string of the molecule is COCCNC(=O)[C@@]12CCO[C@@H]1CCN(Cc1ccsc1)C2. The zero-order valence-electron chi connectivity index (χ0n) is 13.0. The number of thiophene rings is 1. The van der Waals surface area contributed by atoms with Gasteiger partial charge in [-0.1, -0.05) is 0 Å². The minimum Gasteiger partial charge on any atom is -0.383 e. The molecule has 0 aliphatic carbocycles. The van der Waals surface area contributed by atoms with Gasteiger partial charge in [0.15, 0.2) is 0 Å². The molecule has 0 saturated carbocycles. The lowest BCUT2D eigenvalue weighted by Gasteiger charge is -2.42. The number of nitrogens with zero attached hydrogens (tertiary/aromatic N) is 1. The zero-order chi connectivity index (χ0) is 15.4. The first-order valence-corrected chi connectivity index (χ1v) is 8.81. The monoisotopic (exact) mass is 324 g/mol. The molecule has 0 unspecified atom stereocenters. The highest BCUT2D eigenvalue weighted by Gasteiger charge is 2.52. The van der Waals surface area contributed by atoms with Gasteiger partial charge >= 0.3 is 0 Å². The second-order valence-electron chi connectivity index (χ2n) is 6.15. The Balaban J connectivity index is 1.67. The van der Waals surface area contributed by atoms with Crippen LogP contribution >= 0.6 is 11.3 Å². The summed E-state index contributed by atoms with van der Waals surface area (Å²) >= 11 is 1.72. The Morgan fingerprint density at radius 3 is 3.32 bits per heavy atom. The standard InChI is InChI=1S/C16H24N2O3S/c1-20-8-5-17-15(19)16-4-7-21-14(16)2-6-18(12-16)10-13-3-9-22-11-13/h3,9,11,14H,2,4-8,10,12H2,1H3,(H,17,19)/t14-,16-/m1/s1. The lowest BCUT2D eigenvalue weighted by atomic mass is 9.75. The average Bonchev–Trinajstić information content (AvgIpc) is 3.16. The Hall–Kier alpha value is -0.950. The lowest BCUT2D eigenvalue weighted by Crippen LogP contribution is -2.57. The van der Waals surface area contributed by atoms with Crippen LogP contribution in [0.2, 0.25) is 0 Å². The summed E-state index contributed by atoms with van der Waals surface area (Å²) < 4.78 is 10.9. The van der Waals surface area contributed by atoms with Crippen LogP contribution in [0.4, 0.5) is 0 Å². The number of hydrogen-bond donors (Lipinski definition) is 1. The highest BCUT2D eigenvalue weighted by molar-refractivity contribution is 7.07. The van der Waals surface area contributed by atoms with Crippen LogP contribution in [0.3, 0.4) is 0 Å². The second kappa shape index (κ2) is 7.08. The number of methoxy groups -OCH3 is 1. The van der Waals surface area contributed by atoms with Crippen molar-refractivity contribution in [2.75, 3.05) is 40.0 Å². The summed E-state index contributed by atoms with van der Waals surface area (Å²) in [7, 11) is 1.65. The van der Waals surface area contributed by atoms with Crippen molar-refractivity contribution in [2.24, 2.45) is 5.41 Å². The van der Waals surface area contributed by atoms with Crippen LogP contribution in [0.15, 0.2) is 16.8 Å². The molecule has 1 amide bonds. The van der Waals surface area contributed by atoms with Crippen molar-refractivity contribution in [3.05, 3.63) is 22.4 Å². The van der Waals surface area contributed by atoms with Crippen molar-refractivity contribution in [1.82, 2.24) is 10.2 Å². The number of fused-ring (bicyclic) bond motifs is 1. The van der Waals surface area contributed by atoms with Crippen molar-refractivity contribution in [1.29, 1.82) is 0 Å². The predicted molar refractivity (Wildman–Crippen MR) is 85.9 cm³/mol. The Bertz CT molecular complexity index is 494. The fraction of sp³-hybridized carbons (Fsp3) is 0.688. The predicted octanol–water partition coefficient (Wildman–Crippen LogP) is 1.49. The third-order valence-electron chi connectivity index (χ3n) is 4.73. The smallest absolute Gasteiger partial charge is 0.230 e. The molecule has 0 spiro atoms. The van der Waals surface area contributed by atoms with E-state index in [1.807, 2.05) is 0 Å². The van der Waals surface area contributed by atoms with E-state index in [2.05, 4.69) is 27.0 Å². The van der Waals surface area contributed by atoms with E-state index < -0.39 is 0 Å². The van der Waals surface area contributed by atoms with Gasteiger partial charge in [-0.05, 0) is 35.2 Å². The van der Waals surface area contributed by atoms with E-state index in [4.69, 9.17) is 9.47 Å². The van der Waals surface area contributed by atoms with Crippen molar-refractivity contribution in [3.63, 3.8) is 0 Å². The highest BCUT2D eigenvalue weighted by atomic mass is 32.1. The molecule has 2 saturated heterocycles. The Labute approximate surface area is 135 Å². The van der Waals surface area contributed by atoms with Gasteiger partial charge in [0.25, 0.3) is 0 Å². The maximum Gasteiger partial charge on any atom is 0.230 e. The van der Waals surface area contributed by atoms with Crippen LogP contribution in [-0.4, -0.2) is 56.9 Å². The number of piperidine rings is 1. The quantitative estimate of drug-likeness (QED) is 0.806. The first kappa shape index (κ1) is 15.9. The fourth-order valence-corrected chi connectivity index (χ4v) is 4.23. The number of likely N-dealkylation sites (tertiary alicyclic amines) is 1. The number of nitrogens with one attached hydrogen (secondary N) is 1. The van der Waals surface area contributed by atoms with Crippen LogP contribution in [-0.2, 0) is 20.8 Å². The number of carbonyl (C=O) groups is 1. The topological polar surface area (TPSA) is 50.8 Å². The van der Waals surface area contributed by atoms with Crippen LogP contribution in [0.5, 0.6) is 0 Å². The fourth-order valence-electron chi connectivity index (χ4n) is 3.57. The zero-order valence-corrected chi connectivity index (χ0v) is 13.9. The molecule has 2 fully saturated rings. The molecule has 0 bridgehead atoms. The molecule has 1 aromatic heterocycles. The van der Waals surface area contributed by atoms with Gasteiger partial charge in [0, 0.05) is 39.9 Å². The summed E-state index contributed by atoms with van der Waals surface area (Å²) in [4.78, 5) is 15.1. The molecule has 2 aliphatic rings. The van der Waals surface area contributed by atoms with E-state index >= 15 is 0 Å². The normalized spacial score (nSPS) is 28.5. The Kier molecular flexibility index (Phi) is 5.13. The third kappa shape index (κ3) is 3.20. The molecule has 122 valence electrons. The molecule has 22 heavy (non-hydrogen) atoms. The van der Waals surface area contributed by atoms with Crippen LogP contribution in [0, 0.1) is 5.41 Å². The number of hydrogen-bond acceptors (Lipinski definition) is 5. The number of carbonyl (C=O) groups excluding carboxylic acids is 1. The van der Waals surface area contributed by atoms with Crippen molar-refractivity contribution in [3.8, 4) is 0 Å². The summed E-state index contributed by atoms with van der Waals surface area (Å²) in [5, 5.41) is 7.31. The van der Waals surface area contributed by atoms with Gasteiger partial charge in [0.2, 0.25) is 5.91 Å². The van der Waals surface area contributed by atoms with Gasteiger partial charge in [0.05, 0.1) is 18.1 Å². The molecular weight excluding hydrogens is 300 g/mol. The second-order valence-corrected chi connectivity index (χ2v) is 6.93. The summed E-state index contributed by atoms with van der Waals surface area (Å²) in [5.74, 6) is 0.127. The average molecular weight is 324 g/mol. The summed E-state index contributed by atoms with van der Waals surface area (Å²) in [5.41, 5.74) is 0.944. The first-order chi connectivity index (χ1) is 10.7. The van der Waals surface area contributed by atoms with Gasteiger partial charge in [0.1, 0.15) is 0 Å². The molecular formula is C16H24N2O3S. The third-order valence-corrected chi connectivity index (χ3v) is 5.46. The maximum atomic E-state index is 12.8. The van der Waals surface area contributed by atoms with Crippen LogP contribution < -0.4 is 5.32 Å². The van der Waals surface area contributed by atoms with Crippen molar-refractivity contribution >= 4 is 17.2 Å². The van der Waals surface area contributed by atoms with Crippen molar-refractivity contribution in [2.45, 2.75) is 25.5 Å². The summed E-state index contributed by atoms with van der Waals surface area (Å²) in [6, 6.07) is 2.16. The van der Waals surface area contributed by atoms with Gasteiger partial charge in [-0.25, -0.2) is 0 Å². The molecule has 1 N–H and O–H groups in total. The van der Waals surface area contributed by atoms with Gasteiger partial charge in [-0.3, -0.25) is 9.69 Å². The molecule has 6 heteroatoms. The minimum atomic E-state index is -0.387. The lowest BCUT2D eigenvalue weighted by molar-refractivity contribution is -0.139. The Morgan fingerprint density at radius 1 is 1.64 bits per heavy atom. The molecule has 1 aromatic rings. The van der Waals surface area contributed by atoms with Gasteiger partial charge in [-0.15, -0.1) is 0 Å². The van der Waals surface area contributed by atoms with Crippen LogP contribution in [0.1, 0.15) is 18.4 Å². The van der Waals surface area contributed by atoms with E-state index in [0.717, 1.165) is 32.5 Å². The van der Waals surface area contributed by atoms with E-state index in [0.29, 0.717) is 19.8 Å². The molecule has 2 atom stereocenters.